The summed E-state index contributed by atoms with van der Waals surface area (Å²) in [6.45, 7) is 0.430. The highest BCUT2D eigenvalue weighted by Gasteiger charge is 2.19. The second-order valence-corrected chi connectivity index (χ2v) is 9.53. The van der Waals surface area contributed by atoms with E-state index in [0.717, 1.165) is 16.3 Å². The number of sulfone groups is 1. The molecule has 4 aromatic rings. The van der Waals surface area contributed by atoms with Gasteiger partial charge in [0.25, 0.3) is 5.69 Å². The Balaban J connectivity index is 1.55. The summed E-state index contributed by atoms with van der Waals surface area (Å²) in [5.41, 5.74) is 1.25. The van der Waals surface area contributed by atoms with Crippen molar-refractivity contribution in [3.63, 3.8) is 0 Å². The molecule has 0 atom stereocenters. The summed E-state index contributed by atoms with van der Waals surface area (Å²) < 4.78 is 26.2. The predicted octanol–water partition coefficient (Wildman–Crippen LogP) is 5.09. The van der Waals surface area contributed by atoms with Gasteiger partial charge in [-0.3, -0.25) is 10.1 Å². The van der Waals surface area contributed by atoms with E-state index in [2.05, 4.69) is 0 Å². The second-order valence-electron chi connectivity index (χ2n) is 7.58. The van der Waals surface area contributed by atoms with Gasteiger partial charge in [0.05, 0.1) is 14.7 Å². The van der Waals surface area contributed by atoms with Crippen molar-refractivity contribution in [3.05, 3.63) is 106 Å². The first-order chi connectivity index (χ1) is 15.8. The highest BCUT2D eigenvalue weighted by molar-refractivity contribution is 7.91. The van der Waals surface area contributed by atoms with Crippen molar-refractivity contribution in [2.24, 2.45) is 0 Å². The van der Waals surface area contributed by atoms with Crippen LogP contribution in [-0.4, -0.2) is 20.4 Å². The van der Waals surface area contributed by atoms with Crippen LogP contribution in [0.3, 0.4) is 0 Å². The van der Waals surface area contributed by atoms with E-state index in [9.17, 15) is 23.8 Å². The molecule has 33 heavy (non-hydrogen) atoms. The Kier molecular flexibility index (Phi) is 5.82. The number of nitro benzene ring substituents is 1. The van der Waals surface area contributed by atoms with E-state index in [1.54, 1.807) is 55.6 Å². The van der Waals surface area contributed by atoms with Gasteiger partial charge in [-0.15, -0.1) is 0 Å². The molecule has 0 saturated carbocycles. The monoisotopic (exact) mass is 457 g/mol. The third-order valence-electron chi connectivity index (χ3n) is 5.42. The maximum absolute atomic E-state index is 13.1. The molecule has 0 spiro atoms. The van der Waals surface area contributed by atoms with E-state index in [1.165, 1.54) is 12.1 Å². The molecule has 4 aromatic carbocycles. The van der Waals surface area contributed by atoms with Gasteiger partial charge in [-0.1, -0.05) is 42.5 Å². The lowest BCUT2D eigenvalue weighted by Crippen LogP contribution is -2.16. The molecule has 4 rings (SSSR count). The van der Waals surface area contributed by atoms with Crippen LogP contribution in [0.5, 0.6) is 0 Å². The predicted molar refractivity (Wildman–Crippen MR) is 126 cm³/mol. The standard InChI is InChI=1S/C25H19N3O4S/c1-27(22-9-13-25(28(29)30)21(14-22)16-26)17-18-6-10-23(11-7-18)33(31,32)24-12-8-19-4-2-3-5-20(19)15-24/h2-15H,17H2,1H3. The number of anilines is 1. The molecule has 0 bridgehead atoms. The summed E-state index contributed by atoms with van der Waals surface area (Å²) in [7, 11) is -1.87. The molecular formula is C25H19N3O4S. The van der Waals surface area contributed by atoms with Crippen molar-refractivity contribution in [3.8, 4) is 6.07 Å². The highest BCUT2D eigenvalue weighted by atomic mass is 32.2. The van der Waals surface area contributed by atoms with Crippen LogP contribution in [0.15, 0.2) is 94.7 Å². The third-order valence-corrected chi connectivity index (χ3v) is 7.19. The summed E-state index contributed by atoms with van der Waals surface area (Å²) in [5.74, 6) is 0. The van der Waals surface area contributed by atoms with Crippen LogP contribution in [0.1, 0.15) is 11.1 Å². The number of benzene rings is 4. The Hall–Kier alpha value is -4.22. The first-order valence-corrected chi connectivity index (χ1v) is 11.5. The quantitative estimate of drug-likeness (QED) is 0.295. The van der Waals surface area contributed by atoms with Crippen LogP contribution in [0.2, 0.25) is 0 Å². The van der Waals surface area contributed by atoms with Crippen LogP contribution < -0.4 is 4.90 Å². The fourth-order valence-corrected chi connectivity index (χ4v) is 4.92. The second kappa shape index (κ2) is 8.73. The SMILES string of the molecule is CN(Cc1ccc(S(=O)(=O)c2ccc3ccccc3c2)cc1)c1ccc([N+](=O)[O-])c(C#N)c1. The summed E-state index contributed by atoms with van der Waals surface area (Å²) in [6.07, 6.45) is 0. The van der Waals surface area contributed by atoms with Crippen LogP contribution in [0.4, 0.5) is 11.4 Å². The van der Waals surface area contributed by atoms with Crippen molar-refractivity contribution >= 4 is 32.0 Å². The van der Waals surface area contributed by atoms with E-state index >= 15 is 0 Å². The summed E-state index contributed by atoms with van der Waals surface area (Å²) in [4.78, 5) is 12.7. The molecule has 0 saturated heterocycles. The topological polar surface area (TPSA) is 104 Å². The van der Waals surface area contributed by atoms with Gasteiger partial charge < -0.3 is 4.90 Å². The van der Waals surface area contributed by atoms with Crippen LogP contribution >= 0.6 is 0 Å². The molecule has 0 amide bonds. The molecule has 0 radical (unpaired) electrons. The Bertz CT molecular complexity index is 1510. The van der Waals surface area contributed by atoms with Crippen molar-refractivity contribution in [2.45, 2.75) is 16.3 Å². The molecule has 0 aliphatic carbocycles. The molecule has 0 aromatic heterocycles. The van der Waals surface area contributed by atoms with Gasteiger partial charge in [0.15, 0.2) is 0 Å². The largest absolute Gasteiger partial charge is 0.370 e. The molecule has 164 valence electrons. The maximum Gasteiger partial charge on any atom is 0.287 e. The number of nitro groups is 1. The highest BCUT2D eigenvalue weighted by Crippen LogP contribution is 2.27. The van der Waals surface area contributed by atoms with Gasteiger partial charge in [-0.05, 0) is 52.7 Å². The Labute approximate surface area is 191 Å². The number of nitrogens with zero attached hydrogens (tertiary/aromatic N) is 3. The zero-order valence-electron chi connectivity index (χ0n) is 17.7. The molecule has 0 aliphatic heterocycles. The lowest BCUT2D eigenvalue weighted by molar-refractivity contribution is -0.385. The molecular weight excluding hydrogens is 438 g/mol. The Morgan fingerprint density at radius 2 is 1.58 bits per heavy atom. The number of hydrogen-bond donors (Lipinski definition) is 0. The minimum atomic E-state index is -3.66. The van der Waals surface area contributed by atoms with Crippen molar-refractivity contribution < 1.29 is 13.3 Å². The summed E-state index contributed by atoms with van der Waals surface area (Å²) in [6, 6.07) is 25.5. The summed E-state index contributed by atoms with van der Waals surface area (Å²) >= 11 is 0. The molecule has 8 heteroatoms. The number of nitriles is 1. The Morgan fingerprint density at radius 1 is 0.909 bits per heavy atom. The van der Waals surface area contributed by atoms with E-state index in [0.29, 0.717) is 12.2 Å². The van der Waals surface area contributed by atoms with Gasteiger partial charge in [0, 0.05) is 25.3 Å². The normalized spacial score (nSPS) is 11.2. The minimum absolute atomic E-state index is 0.0128. The van der Waals surface area contributed by atoms with Crippen LogP contribution in [0.25, 0.3) is 10.8 Å². The smallest absolute Gasteiger partial charge is 0.287 e. The fourth-order valence-electron chi connectivity index (χ4n) is 3.62. The van der Waals surface area contributed by atoms with Crippen LogP contribution in [-0.2, 0) is 16.4 Å². The molecule has 0 heterocycles. The van der Waals surface area contributed by atoms with E-state index in [1.807, 2.05) is 35.2 Å². The minimum Gasteiger partial charge on any atom is -0.370 e. The van der Waals surface area contributed by atoms with Crippen molar-refractivity contribution in [1.29, 1.82) is 5.26 Å². The Morgan fingerprint density at radius 3 is 2.24 bits per heavy atom. The lowest BCUT2D eigenvalue weighted by Gasteiger charge is -2.19. The zero-order chi connectivity index (χ0) is 23.6. The van der Waals surface area contributed by atoms with Crippen molar-refractivity contribution in [2.75, 3.05) is 11.9 Å². The number of hydrogen-bond acceptors (Lipinski definition) is 6. The van der Waals surface area contributed by atoms with Gasteiger partial charge >= 0.3 is 0 Å². The summed E-state index contributed by atoms with van der Waals surface area (Å²) in [5, 5.41) is 22.0. The fraction of sp³-hybridized carbons (Fsp3) is 0.0800. The molecule has 0 unspecified atom stereocenters. The van der Waals surface area contributed by atoms with Gasteiger partial charge in [-0.2, -0.15) is 5.26 Å². The first-order valence-electron chi connectivity index (χ1n) is 10.0. The third kappa shape index (κ3) is 4.40. The molecule has 0 fully saturated rings. The van der Waals surface area contributed by atoms with E-state index < -0.39 is 14.8 Å². The van der Waals surface area contributed by atoms with E-state index in [-0.39, 0.29) is 21.0 Å². The average molecular weight is 458 g/mol. The van der Waals surface area contributed by atoms with Gasteiger partial charge in [-0.25, -0.2) is 8.42 Å². The van der Waals surface area contributed by atoms with Crippen LogP contribution in [0, 0.1) is 21.4 Å². The van der Waals surface area contributed by atoms with E-state index in [4.69, 9.17) is 0 Å². The van der Waals surface area contributed by atoms with Gasteiger partial charge in [0.1, 0.15) is 11.6 Å². The lowest BCUT2D eigenvalue weighted by atomic mass is 10.1. The first kappa shape index (κ1) is 22.0. The zero-order valence-corrected chi connectivity index (χ0v) is 18.5. The molecule has 7 nitrogen and oxygen atoms in total. The molecule has 0 N–H and O–H groups in total. The number of rotatable bonds is 6. The maximum atomic E-state index is 13.1. The molecule has 0 aliphatic rings. The van der Waals surface area contributed by atoms with Crippen molar-refractivity contribution in [1.82, 2.24) is 0 Å². The average Bonchev–Trinajstić information content (AvgIpc) is 2.83. The van der Waals surface area contributed by atoms with Gasteiger partial charge in [0.2, 0.25) is 9.84 Å². The number of fused-ring (bicyclic) bond motifs is 1.